The molecule has 1 aliphatic carbocycles. The Kier molecular flexibility index (Phi) is 2.55. The smallest absolute Gasteiger partial charge is 0.126 e. The maximum atomic E-state index is 5.58. The minimum atomic E-state index is 0.698. The first-order chi connectivity index (χ1) is 6.86. The van der Waals surface area contributed by atoms with Gasteiger partial charge in [0.15, 0.2) is 0 Å². The molecule has 0 amide bonds. The van der Waals surface area contributed by atoms with Crippen LogP contribution in [0.4, 0.5) is 0 Å². The number of allylic oxidation sites excluding steroid dienone is 1. The van der Waals surface area contributed by atoms with Crippen molar-refractivity contribution in [3.8, 4) is 5.75 Å². The van der Waals surface area contributed by atoms with Gasteiger partial charge in [-0.3, -0.25) is 0 Å². The highest BCUT2D eigenvalue weighted by molar-refractivity contribution is 5.77. The van der Waals surface area contributed by atoms with Gasteiger partial charge < -0.3 is 10.5 Å². The Balaban J connectivity index is 2.42. The van der Waals surface area contributed by atoms with E-state index in [-0.39, 0.29) is 0 Å². The molecule has 2 nitrogen and oxygen atoms in total. The maximum absolute atomic E-state index is 5.58. The van der Waals surface area contributed by atoms with Gasteiger partial charge >= 0.3 is 0 Å². The highest BCUT2D eigenvalue weighted by Gasteiger charge is 2.17. The van der Waals surface area contributed by atoms with Gasteiger partial charge in [0.2, 0.25) is 0 Å². The normalized spacial score (nSPS) is 13.7. The minimum Gasteiger partial charge on any atom is -0.496 e. The van der Waals surface area contributed by atoms with Crippen LogP contribution in [0.3, 0.4) is 0 Å². The lowest BCUT2D eigenvalue weighted by Crippen LogP contribution is -2.00. The molecule has 14 heavy (non-hydrogen) atoms. The molecule has 74 valence electrons. The summed E-state index contributed by atoms with van der Waals surface area (Å²) in [5.41, 5.74) is 9.53. The number of nitrogens with two attached hydrogens (primary N) is 1. The number of ether oxygens (including phenoxy) is 1. The van der Waals surface area contributed by atoms with E-state index in [4.69, 9.17) is 10.5 Å². The van der Waals surface area contributed by atoms with E-state index < -0.39 is 0 Å². The van der Waals surface area contributed by atoms with Crippen LogP contribution in [0, 0.1) is 0 Å². The van der Waals surface area contributed by atoms with Gasteiger partial charge in [0, 0.05) is 5.56 Å². The Morgan fingerprint density at radius 1 is 1.43 bits per heavy atom. The van der Waals surface area contributed by atoms with Crippen LogP contribution in [0.15, 0.2) is 24.3 Å². The van der Waals surface area contributed by atoms with Crippen LogP contribution in [0.25, 0.3) is 5.57 Å². The summed E-state index contributed by atoms with van der Waals surface area (Å²) >= 11 is 0. The van der Waals surface area contributed by atoms with Crippen molar-refractivity contribution >= 4 is 5.57 Å². The molecule has 0 saturated carbocycles. The number of hydrogen-bond donors (Lipinski definition) is 1. The van der Waals surface area contributed by atoms with E-state index in [1.54, 1.807) is 7.11 Å². The van der Waals surface area contributed by atoms with Gasteiger partial charge in [-0.2, -0.15) is 0 Å². The number of rotatable bonds is 3. The summed E-state index contributed by atoms with van der Waals surface area (Å²) in [4.78, 5) is 0. The zero-order valence-electron chi connectivity index (χ0n) is 8.42. The SMILES string of the molecule is COc1cccc2c1C(CCN)=CC2. The van der Waals surface area contributed by atoms with Gasteiger partial charge in [-0.25, -0.2) is 0 Å². The zero-order valence-corrected chi connectivity index (χ0v) is 8.42. The summed E-state index contributed by atoms with van der Waals surface area (Å²) in [5.74, 6) is 0.972. The molecule has 0 fully saturated rings. The summed E-state index contributed by atoms with van der Waals surface area (Å²) in [6.07, 6.45) is 4.20. The van der Waals surface area contributed by atoms with Crippen molar-refractivity contribution < 1.29 is 4.74 Å². The third-order valence-corrected chi connectivity index (χ3v) is 2.64. The highest BCUT2D eigenvalue weighted by Crippen LogP contribution is 2.36. The van der Waals surface area contributed by atoms with Gasteiger partial charge in [0.1, 0.15) is 5.75 Å². The van der Waals surface area contributed by atoms with Crippen molar-refractivity contribution in [1.29, 1.82) is 0 Å². The van der Waals surface area contributed by atoms with E-state index in [0.717, 1.165) is 18.6 Å². The standard InChI is InChI=1S/C12H15NO/c1-14-11-4-2-3-9-5-6-10(7-8-13)12(9)11/h2-4,6H,5,7-8,13H2,1H3. The molecule has 2 rings (SSSR count). The molecule has 1 aromatic rings. The Morgan fingerprint density at radius 2 is 2.29 bits per heavy atom. The molecule has 0 radical (unpaired) electrons. The van der Waals surface area contributed by atoms with Crippen molar-refractivity contribution in [3.63, 3.8) is 0 Å². The average Bonchev–Trinajstić information content (AvgIpc) is 2.62. The summed E-state index contributed by atoms with van der Waals surface area (Å²) in [6.45, 7) is 0.698. The van der Waals surface area contributed by atoms with E-state index in [0.29, 0.717) is 6.54 Å². The minimum absolute atomic E-state index is 0.698. The number of methoxy groups -OCH3 is 1. The third-order valence-electron chi connectivity index (χ3n) is 2.64. The maximum Gasteiger partial charge on any atom is 0.126 e. The Hall–Kier alpha value is -1.28. The van der Waals surface area contributed by atoms with Gasteiger partial charge in [-0.05, 0) is 36.6 Å². The van der Waals surface area contributed by atoms with E-state index in [1.165, 1.54) is 16.7 Å². The molecule has 2 N–H and O–H groups in total. The fourth-order valence-corrected chi connectivity index (χ4v) is 2.00. The van der Waals surface area contributed by atoms with Crippen LogP contribution < -0.4 is 10.5 Å². The predicted molar refractivity (Wildman–Crippen MR) is 58.3 cm³/mol. The van der Waals surface area contributed by atoms with Crippen LogP contribution in [0.2, 0.25) is 0 Å². The average molecular weight is 189 g/mol. The van der Waals surface area contributed by atoms with Crippen LogP contribution in [-0.2, 0) is 6.42 Å². The summed E-state index contributed by atoms with van der Waals surface area (Å²) in [7, 11) is 1.72. The number of hydrogen-bond acceptors (Lipinski definition) is 2. The molecule has 0 heterocycles. The lowest BCUT2D eigenvalue weighted by molar-refractivity contribution is 0.413. The molecule has 1 aromatic carbocycles. The molecule has 2 heteroatoms. The second-order valence-electron chi connectivity index (χ2n) is 3.47. The second kappa shape index (κ2) is 3.84. The van der Waals surface area contributed by atoms with Gasteiger partial charge in [-0.1, -0.05) is 18.2 Å². The monoisotopic (exact) mass is 189 g/mol. The predicted octanol–water partition coefficient (Wildman–Crippen LogP) is 1.98. The number of benzene rings is 1. The zero-order chi connectivity index (χ0) is 9.97. The lowest BCUT2D eigenvalue weighted by Gasteiger charge is -2.10. The first-order valence-electron chi connectivity index (χ1n) is 4.92. The van der Waals surface area contributed by atoms with Gasteiger partial charge in [0.05, 0.1) is 7.11 Å². The van der Waals surface area contributed by atoms with E-state index in [2.05, 4.69) is 12.1 Å². The highest BCUT2D eigenvalue weighted by atomic mass is 16.5. The molecule has 0 atom stereocenters. The van der Waals surface area contributed by atoms with E-state index >= 15 is 0 Å². The van der Waals surface area contributed by atoms with Crippen LogP contribution in [0.1, 0.15) is 17.5 Å². The summed E-state index contributed by atoms with van der Waals surface area (Å²) < 4.78 is 5.35. The van der Waals surface area contributed by atoms with Crippen LogP contribution >= 0.6 is 0 Å². The van der Waals surface area contributed by atoms with Crippen molar-refractivity contribution in [1.82, 2.24) is 0 Å². The van der Waals surface area contributed by atoms with E-state index in [1.807, 2.05) is 12.1 Å². The lowest BCUT2D eigenvalue weighted by atomic mass is 10.0. The molecule has 0 aromatic heterocycles. The molecule has 0 unspecified atom stereocenters. The number of fused-ring (bicyclic) bond motifs is 1. The fraction of sp³-hybridized carbons (Fsp3) is 0.333. The molecule has 0 spiro atoms. The molecular formula is C12H15NO. The molecule has 0 saturated heterocycles. The van der Waals surface area contributed by atoms with Crippen LogP contribution in [-0.4, -0.2) is 13.7 Å². The van der Waals surface area contributed by atoms with Gasteiger partial charge in [0.25, 0.3) is 0 Å². The molecule has 0 aliphatic heterocycles. The quantitative estimate of drug-likeness (QED) is 0.789. The summed E-state index contributed by atoms with van der Waals surface area (Å²) in [6, 6.07) is 6.20. The van der Waals surface area contributed by atoms with Crippen molar-refractivity contribution in [2.45, 2.75) is 12.8 Å². The molecule has 1 aliphatic rings. The first kappa shape index (κ1) is 9.28. The first-order valence-corrected chi connectivity index (χ1v) is 4.92. The second-order valence-corrected chi connectivity index (χ2v) is 3.47. The van der Waals surface area contributed by atoms with E-state index in [9.17, 15) is 0 Å². The molecule has 0 bridgehead atoms. The largest absolute Gasteiger partial charge is 0.496 e. The Bertz CT molecular complexity index is 369. The topological polar surface area (TPSA) is 35.2 Å². The van der Waals surface area contributed by atoms with Crippen molar-refractivity contribution in [3.05, 3.63) is 35.4 Å². The third kappa shape index (κ3) is 1.42. The van der Waals surface area contributed by atoms with Crippen molar-refractivity contribution in [2.75, 3.05) is 13.7 Å². The van der Waals surface area contributed by atoms with Gasteiger partial charge in [-0.15, -0.1) is 0 Å². The Labute approximate surface area is 84.4 Å². The van der Waals surface area contributed by atoms with Crippen molar-refractivity contribution in [2.24, 2.45) is 5.73 Å². The van der Waals surface area contributed by atoms with Crippen LogP contribution in [0.5, 0.6) is 5.75 Å². The summed E-state index contributed by atoms with van der Waals surface area (Å²) in [5, 5.41) is 0. The Morgan fingerprint density at radius 3 is 3.00 bits per heavy atom. The fourth-order valence-electron chi connectivity index (χ4n) is 2.00. The molecular weight excluding hydrogens is 174 g/mol.